The van der Waals surface area contributed by atoms with E-state index < -0.39 is 5.97 Å². The van der Waals surface area contributed by atoms with Crippen LogP contribution in [0.4, 0.5) is 0 Å². The van der Waals surface area contributed by atoms with E-state index in [-0.39, 0.29) is 24.9 Å². The van der Waals surface area contributed by atoms with Crippen molar-refractivity contribution in [2.24, 2.45) is 0 Å². The third-order valence-electron chi connectivity index (χ3n) is 7.87. The van der Waals surface area contributed by atoms with E-state index in [4.69, 9.17) is 30.5 Å². The Bertz CT molecular complexity index is 1680. The third-order valence-corrected chi connectivity index (χ3v) is 8.17. The van der Waals surface area contributed by atoms with Crippen LogP contribution in [0.2, 0.25) is 5.02 Å². The van der Waals surface area contributed by atoms with Gasteiger partial charge in [0, 0.05) is 49.2 Å². The highest BCUT2D eigenvalue weighted by Crippen LogP contribution is 2.38. The molecule has 9 nitrogen and oxygen atoms in total. The lowest BCUT2D eigenvalue weighted by Crippen LogP contribution is -2.22. The van der Waals surface area contributed by atoms with E-state index in [9.17, 15) is 15.0 Å². The van der Waals surface area contributed by atoms with Crippen molar-refractivity contribution in [2.45, 2.75) is 39.2 Å². The number of β-amino-alcohol motifs (C(OH)–C–C–N with tert-alkyl or cyclic N) is 1. The Morgan fingerprint density at radius 2 is 1.82 bits per heavy atom. The molecular weight excluding hydrogens is 584 g/mol. The zero-order valence-electron chi connectivity index (χ0n) is 24.3. The molecule has 228 valence electrons. The predicted octanol–water partition coefficient (Wildman–Crippen LogP) is 5.90. The van der Waals surface area contributed by atoms with E-state index >= 15 is 0 Å². The number of carbonyl (C=O) groups is 1. The number of nitrogens with zero attached hydrogens (tertiary/aromatic N) is 2. The van der Waals surface area contributed by atoms with Gasteiger partial charge in [0.15, 0.2) is 11.5 Å². The molecule has 0 unspecified atom stereocenters. The summed E-state index contributed by atoms with van der Waals surface area (Å²) in [6, 6.07) is 17.2. The Kier molecular flexibility index (Phi) is 8.88. The molecule has 2 aliphatic rings. The van der Waals surface area contributed by atoms with Gasteiger partial charge in [0.05, 0.1) is 16.7 Å². The fraction of sp³-hybridized carbons (Fsp3) is 0.294. The number of likely N-dealkylation sites (tertiary alicyclic amines) is 1. The van der Waals surface area contributed by atoms with Crippen LogP contribution >= 0.6 is 11.6 Å². The fourth-order valence-corrected chi connectivity index (χ4v) is 5.75. The molecule has 2 N–H and O–H groups in total. The van der Waals surface area contributed by atoms with E-state index in [1.54, 1.807) is 12.3 Å². The third kappa shape index (κ3) is 6.75. The second-order valence-electron chi connectivity index (χ2n) is 11.0. The van der Waals surface area contributed by atoms with Crippen molar-refractivity contribution < 1.29 is 34.0 Å². The van der Waals surface area contributed by atoms with Gasteiger partial charge in [-0.15, -0.1) is 0 Å². The van der Waals surface area contributed by atoms with E-state index in [1.165, 1.54) is 12.3 Å². The minimum absolute atomic E-state index is 0.0892. The summed E-state index contributed by atoms with van der Waals surface area (Å²) in [5, 5.41) is 19.8. The average molecular weight is 617 g/mol. The largest absolute Gasteiger partial charge is 0.488 e. The van der Waals surface area contributed by atoms with Gasteiger partial charge in [-0.25, -0.2) is 4.79 Å². The molecule has 6 rings (SSSR count). The maximum atomic E-state index is 11.4. The normalized spacial score (nSPS) is 16.1. The molecular formula is C34H33ClN2O7. The average Bonchev–Trinajstić information content (AvgIpc) is 3.44. The van der Waals surface area contributed by atoms with E-state index in [1.807, 2.05) is 36.4 Å². The first-order valence-corrected chi connectivity index (χ1v) is 14.9. The zero-order chi connectivity index (χ0) is 30.6. The van der Waals surface area contributed by atoms with Gasteiger partial charge in [-0.3, -0.25) is 9.88 Å². The minimum atomic E-state index is -1.05. The number of hydrogen-bond acceptors (Lipinski definition) is 8. The topological polar surface area (TPSA) is 111 Å². The Hall–Kier alpha value is -4.31. The number of rotatable bonds is 10. The van der Waals surface area contributed by atoms with Gasteiger partial charge in [0.1, 0.15) is 37.9 Å². The predicted molar refractivity (Wildman–Crippen MR) is 165 cm³/mol. The molecule has 0 saturated carbocycles. The van der Waals surface area contributed by atoms with Crippen LogP contribution in [0.5, 0.6) is 23.0 Å². The number of ether oxygens (including phenoxy) is 4. The molecule has 1 saturated heterocycles. The maximum absolute atomic E-state index is 11.4. The van der Waals surface area contributed by atoms with Gasteiger partial charge in [-0.2, -0.15) is 0 Å². The molecule has 44 heavy (non-hydrogen) atoms. The summed E-state index contributed by atoms with van der Waals surface area (Å²) in [4.78, 5) is 17.6. The number of halogens is 1. The van der Waals surface area contributed by atoms with E-state index in [0.29, 0.717) is 54.8 Å². The molecule has 4 aromatic rings. The van der Waals surface area contributed by atoms with Gasteiger partial charge >= 0.3 is 5.97 Å². The molecule has 1 atom stereocenters. The van der Waals surface area contributed by atoms with Crippen LogP contribution in [0, 0.1) is 6.92 Å². The number of aromatic nitrogens is 1. The molecule has 10 heteroatoms. The highest BCUT2D eigenvalue weighted by Gasteiger charge is 2.23. The lowest BCUT2D eigenvalue weighted by Gasteiger charge is -2.21. The van der Waals surface area contributed by atoms with Crippen molar-refractivity contribution in [3.63, 3.8) is 0 Å². The molecule has 0 spiro atoms. The van der Waals surface area contributed by atoms with Crippen LogP contribution in [0.1, 0.15) is 39.0 Å². The first-order valence-electron chi connectivity index (χ1n) is 14.5. The Labute approximate surface area is 260 Å². The number of aliphatic hydroxyl groups is 1. The molecule has 3 heterocycles. The van der Waals surface area contributed by atoms with Gasteiger partial charge in [-0.05, 0) is 59.9 Å². The lowest BCUT2D eigenvalue weighted by atomic mass is 9.96. The summed E-state index contributed by atoms with van der Waals surface area (Å²) in [5.41, 5.74) is 5.73. The van der Waals surface area contributed by atoms with E-state index in [2.05, 4.69) is 22.9 Å². The Morgan fingerprint density at radius 1 is 1.00 bits per heavy atom. The molecule has 0 bridgehead atoms. The van der Waals surface area contributed by atoms with Crippen LogP contribution in [0.15, 0.2) is 67.0 Å². The number of hydrogen-bond donors (Lipinski definition) is 2. The standard InChI is InChI=1S/C34H33ClN2O7/c1-21-24(3-2-4-28(21)23-5-6-30-33(13-23)42-10-9-41-30)20-44-32-14-31(43-19-22-11-25(34(39)40)16-36-15-22)26(12-29(32)35)17-37-8-7-27(38)18-37/h2-6,11-16,27,38H,7-10,17-20H2,1H3,(H,39,40)/t27-/m0/s1. The van der Waals surface area contributed by atoms with Crippen LogP contribution in [-0.4, -0.2) is 58.5 Å². The number of aliphatic hydroxyl groups excluding tert-OH is 1. The second-order valence-corrected chi connectivity index (χ2v) is 11.4. The number of carboxylic acids is 1. The van der Waals surface area contributed by atoms with Crippen molar-refractivity contribution in [1.82, 2.24) is 9.88 Å². The van der Waals surface area contributed by atoms with Crippen LogP contribution in [-0.2, 0) is 19.8 Å². The number of fused-ring (bicyclic) bond motifs is 1. The first-order chi connectivity index (χ1) is 21.3. The van der Waals surface area contributed by atoms with E-state index in [0.717, 1.165) is 45.9 Å². The second kappa shape index (κ2) is 13.1. The molecule has 0 aliphatic carbocycles. The van der Waals surface area contributed by atoms with Crippen molar-refractivity contribution in [1.29, 1.82) is 0 Å². The number of carboxylic acid groups (broad SMARTS) is 1. The number of benzene rings is 3. The highest BCUT2D eigenvalue weighted by atomic mass is 35.5. The number of aromatic carboxylic acids is 1. The van der Waals surface area contributed by atoms with Crippen molar-refractivity contribution in [2.75, 3.05) is 26.3 Å². The minimum Gasteiger partial charge on any atom is -0.488 e. The van der Waals surface area contributed by atoms with Crippen LogP contribution in [0.25, 0.3) is 11.1 Å². The molecule has 0 radical (unpaired) electrons. The summed E-state index contributed by atoms with van der Waals surface area (Å²) in [6.45, 7) is 5.40. The zero-order valence-corrected chi connectivity index (χ0v) is 25.0. The summed E-state index contributed by atoms with van der Waals surface area (Å²) < 4.78 is 23.9. The lowest BCUT2D eigenvalue weighted by molar-refractivity contribution is 0.0696. The van der Waals surface area contributed by atoms with Crippen molar-refractivity contribution in [3.05, 3.63) is 99.8 Å². The van der Waals surface area contributed by atoms with Gasteiger partial charge in [0.2, 0.25) is 0 Å². The molecule has 3 aromatic carbocycles. The molecule has 1 fully saturated rings. The summed E-state index contributed by atoms with van der Waals surface area (Å²) in [6.07, 6.45) is 3.23. The van der Waals surface area contributed by atoms with Crippen molar-refractivity contribution in [3.8, 4) is 34.1 Å². The molecule has 0 amide bonds. The monoisotopic (exact) mass is 616 g/mol. The first kappa shape index (κ1) is 29.7. The smallest absolute Gasteiger partial charge is 0.337 e. The number of pyridine rings is 1. The van der Waals surface area contributed by atoms with Crippen LogP contribution in [0.3, 0.4) is 0 Å². The SMILES string of the molecule is Cc1c(COc2cc(OCc3cncc(C(=O)O)c3)c(CN3CC[C@H](O)C3)cc2Cl)cccc1-c1ccc2c(c1)OCCO2. The fourth-order valence-electron chi connectivity index (χ4n) is 5.50. The summed E-state index contributed by atoms with van der Waals surface area (Å²) in [7, 11) is 0. The quantitative estimate of drug-likeness (QED) is 0.225. The maximum Gasteiger partial charge on any atom is 0.337 e. The Morgan fingerprint density at radius 3 is 2.61 bits per heavy atom. The van der Waals surface area contributed by atoms with Gasteiger partial charge in [0.25, 0.3) is 0 Å². The Balaban J connectivity index is 1.23. The molecule has 1 aromatic heterocycles. The van der Waals surface area contributed by atoms with Crippen LogP contribution < -0.4 is 18.9 Å². The summed E-state index contributed by atoms with van der Waals surface area (Å²) in [5.74, 6) is 1.47. The van der Waals surface area contributed by atoms with Crippen molar-refractivity contribution >= 4 is 17.6 Å². The highest BCUT2D eigenvalue weighted by molar-refractivity contribution is 6.32. The summed E-state index contributed by atoms with van der Waals surface area (Å²) >= 11 is 6.74. The van der Waals surface area contributed by atoms with Gasteiger partial charge < -0.3 is 29.2 Å². The van der Waals surface area contributed by atoms with Gasteiger partial charge in [-0.1, -0.05) is 35.9 Å². The molecule has 2 aliphatic heterocycles.